The molecule has 3 N–H and O–H groups in total. The van der Waals surface area contributed by atoms with Crippen LogP contribution in [0, 0.1) is 5.41 Å². The second kappa shape index (κ2) is 5.88. The molecule has 0 bridgehead atoms. The summed E-state index contributed by atoms with van der Waals surface area (Å²) in [4.78, 5) is 12.0. The molecule has 0 aliphatic rings. The fourth-order valence-corrected chi connectivity index (χ4v) is 1.70. The van der Waals surface area contributed by atoms with E-state index in [-0.39, 0.29) is 17.9 Å². The Hall–Kier alpha value is -2.14. The Morgan fingerprint density at radius 3 is 2.55 bits per heavy atom. The summed E-state index contributed by atoms with van der Waals surface area (Å²) in [5.74, 6) is -0.134. The average molecular weight is 273 g/mol. The molecule has 5 heteroatoms. The summed E-state index contributed by atoms with van der Waals surface area (Å²) in [6.45, 7) is 4.27. The molecule has 0 aliphatic heterocycles. The van der Waals surface area contributed by atoms with Gasteiger partial charge in [-0.2, -0.15) is 5.10 Å². The van der Waals surface area contributed by atoms with Crippen LogP contribution in [0.2, 0.25) is 0 Å². The Bertz CT molecular complexity index is 559. The summed E-state index contributed by atoms with van der Waals surface area (Å²) in [7, 11) is 0. The molecule has 1 heterocycles. The molecule has 0 unspecified atom stereocenters. The molecule has 0 spiro atoms. The number of nitrogens with zero attached hydrogens (tertiary/aromatic N) is 1. The Morgan fingerprint density at radius 1 is 1.30 bits per heavy atom. The van der Waals surface area contributed by atoms with E-state index in [9.17, 15) is 4.79 Å². The van der Waals surface area contributed by atoms with Gasteiger partial charge in [-0.1, -0.05) is 26.0 Å². The van der Waals surface area contributed by atoms with E-state index in [0.29, 0.717) is 12.1 Å². The number of benzene rings is 1. The third-order valence-electron chi connectivity index (χ3n) is 3.13. The van der Waals surface area contributed by atoms with E-state index in [1.54, 1.807) is 24.5 Å². The zero-order valence-corrected chi connectivity index (χ0v) is 11.7. The van der Waals surface area contributed by atoms with Gasteiger partial charge in [0.25, 0.3) is 5.91 Å². The second-order valence-electron chi connectivity index (χ2n) is 5.57. The monoisotopic (exact) mass is 273 g/mol. The quantitative estimate of drug-likeness (QED) is 0.777. The van der Waals surface area contributed by atoms with Crippen LogP contribution in [-0.4, -0.2) is 34.4 Å². The van der Waals surface area contributed by atoms with E-state index in [1.807, 2.05) is 26.0 Å². The van der Waals surface area contributed by atoms with Crippen LogP contribution in [0.3, 0.4) is 0 Å². The van der Waals surface area contributed by atoms with E-state index in [1.165, 1.54) is 0 Å². The lowest BCUT2D eigenvalue weighted by atomic mass is 9.95. The Morgan fingerprint density at radius 2 is 2.00 bits per heavy atom. The number of hydrogen-bond donors (Lipinski definition) is 3. The van der Waals surface area contributed by atoms with Crippen molar-refractivity contribution in [2.45, 2.75) is 13.8 Å². The molecule has 0 aliphatic carbocycles. The molecule has 5 nitrogen and oxygen atoms in total. The first kappa shape index (κ1) is 14.3. The zero-order chi connectivity index (χ0) is 14.6. The fourth-order valence-electron chi connectivity index (χ4n) is 1.70. The van der Waals surface area contributed by atoms with Crippen molar-refractivity contribution in [2.75, 3.05) is 13.2 Å². The molecule has 20 heavy (non-hydrogen) atoms. The molecule has 1 amide bonds. The number of aromatic nitrogens is 2. The summed E-state index contributed by atoms with van der Waals surface area (Å²) >= 11 is 0. The van der Waals surface area contributed by atoms with E-state index in [0.717, 1.165) is 11.1 Å². The standard InChI is InChI=1S/C15H19N3O2/c1-15(2,10-19)9-16-14(20)12-5-3-11(4-6-12)13-7-17-18-8-13/h3-8,19H,9-10H2,1-2H3,(H,16,20)(H,17,18). The van der Waals surface area contributed by atoms with Crippen LogP contribution < -0.4 is 5.32 Å². The summed E-state index contributed by atoms with van der Waals surface area (Å²) < 4.78 is 0. The van der Waals surface area contributed by atoms with Gasteiger partial charge in [-0.3, -0.25) is 9.89 Å². The Labute approximate surface area is 118 Å². The molecular formula is C15H19N3O2. The van der Waals surface area contributed by atoms with Crippen molar-refractivity contribution in [1.29, 1.82) is 0 Å². The van der Waals surface area contributed by atoms with Crippen LogP contribution in [0.25, 0.3) is 11.1 Å². The summed E-state index contributed by atoms with van der Waals surface area (Å²) in [6, 6.07) is 7.33. The molecule has 2 aromatic rings. The van der Waals surface area contributed by atoms with Crippen molar-refractivity contribution in [2.24, 2.45) is 5.41 Å². The number of aliphatic hydroxyl groups is 1. The molecular weight excluding hydrogens is 254 g/mol. The third kappa shape index (κ3) is 3.45. The van der Waals surface area contributed by atoms with E-state index in [2.05, 4.69) is 15.5 Å². The van der Waals surface area contributed by atoms with Gasteiger partial charge in [0, 0.05) is 35.9 Å². The lowest BCUT2D eigenvalue weighted by molar-refractivity contribution is 0.0911. The second-order valence-corrected chi connectivity index (χ2v) is 5.57. The van der Waals surface area contributed by atoms with E-state index in [4.69, 9.17) is 5.11 Å². The molecule has 0 atom stereocenters. The number of hydrogen-bond acceptors (Lipinski definition) is 3. The van der Waals surface area contributed by atoms with Gasteiger partial charge in [0.15, 0.2) is 0 Å². The molecule has 0 fully saturated rings. The predicted octanol–water partition coefficient (Wildman–Crippen LogP) is 1.82. The van der Waals surface area contributed by atoms with Crippen molar-refractivity contribution in [1.82, 2.24) is 15.5 Å². The van der Waals surface area contributed by atoms with Crippen molar-refractivity contribution in [3.05, 3.63) is 42.2 Å². The van der Waals surface area contributed by atoms with Gasteiger partial charge in [0.1, 0.15) is 0 Å². The first-order chi connectivity index (χ1) is 9.52. The van der Waals surface area contributed by atoms with E-state index < -0.39 is 0 Å². The maximum Gasteiger partial charge on any atom is 0.251 e. The molecule has 1 aromatic carbocycles. The number of carbonyl (C=O) groups excluding carboxylic acids is 1. The average Bonchev–Trinajstić information content (AvgIpc) is 2.99. The highest BCUT2D eigenvalue weighted by atomic mass is 16.3. The number of amides is 1. The smallest absolute Gasteiger partial charge is 0.251 e. The molecule has 106 valence electrons. The third-order valence-corrected chi connectivity index (χ3v) is 3.13. The Balaban J connectivity index is 2.01. The Kier molecular flexibility index (Phi) is 4.20. The largest absolute Gasteiger partial charge is 0.396 e. The maximum absolute atomic E-state index is 12.0. The van der Waals surface area contributed by atoms with Gasteiger partial charge in [0.05, 0.1) is 6.20 Å². The maximum atomic E-state index is 12.0. The minimum Gasteiger partial charge on any atom is -0.396 e. The van der Waals surface area contributed by atoms with Crippen molar-refractivity contribution < 1.29 is 9.90 Å². The molecule has 1 aromatic heterocycles. The van der Waals surface area contributed by atoms with Crippen molar-refractivity contribution in [3.8, 4) is 11.1 Å². The number of carbonyl (C=O) groups is 1. The first-order valence-electron chi connectivity index (χ1n) is 6.50. The van der Waals surface area contributed by atoms with E-state index >= 15 is 0 Å². The number of rotatable bonds is 5. The number of aliphatic hydroxyl groups excluding tert-OH is 1. The number of aromatic amines is 1. The summed E-state index contributed by atoms with van der Waals surface area (Å²) in [5.41, 5.74) is 2.28. The minimum atomic E-state index is -0.313. The SMILES string of the molecule is CC(C)(CO)CNC(=O)c1ccc(-c2cn[nH]c2)cc1. The van der Waals surface area contributed by atoms with Crippen LogP contribution in [0.1, 0.15) is 24.2 Å². The predicted molar refractivity (Wildman–Crippen MR) is 77.2 cm³/mol. The van der Waals surface area contributed by atoms with Crippen LogP contribution in [-0.2, 0) is 0 Å². The number of H-pyrrole nitrogens is 1. The number of nitrogens with one attached hydrogen (secondary N) is 2. The molecule has 2 rings (SSSR count). The van der Waals surface area contributed by atoms with Gasteiger partial charge in [0.2, 0.25) is 0 Å². The van der Waals surface area contributed by atoms with Gasteiger partial charge in [-0.05, 0) is 17.7 Å². The summed E-state index contributed by atoms with van der Waals surface area (Å²) in [6.07, 6.45) is 3.54. The highest BCUT2D eigenvalue weighted by molar-refractivity contribution is 5.94. The highest BCUT2D eigenvalue weighted by Gasteiger charge is 2.17. The van der Waals surface area contributed by atoms with Crippen molar-refractivity contribution >= 4 is 5.91 Å². The molecule has 0 saturated carbocycles. The summed E-state index contributed by atoms with van der Waals surface area (Å²) in [5, 5.41) is 18.6. The molecule has 0 radical (unpaired) electrons. The van der Waals surface area contributed by atoms with Gasteiger partial charge in [-0.25, -0.2) is 0 Å². The topological polar surface area (TPSA) is 78.0 Å². The van der Waals surface area contributed by atoms with Gasteiger partial charge in [-0.15, -0.1) is 0 Å². The van der Waals surface area contributed by atoms with Crippen LogP contribution in [0.15, 0.2) is 36.7 Å². The zero-order valence-electron chi connectivity index (χ0n) is 11.7. The van der Waals surface area contributed by atoms with Crippen LogP contribution >= 0.6 is 0 Å². The highest BCUT2D eigenvalue weighted by Crippen LogP contribution is 2.18. The minimum absolute atomic E-state index is 0.0344. The van der Waals surface area contributed by atoms with Gasteiger partial charge < -0.3 is 10.4 Å². The van der Waals surface area contributed by atoms with Crippen LogP contribution in [0.5, 0.6) is 0 Å². The lowest BCUT2D eigenvalue weighted by Crippen LogP contribution is -2.36. The van der Waals surface area contributed by atoms with Crippen molar-refractivity contribution in [3.63, 3.8) is 0 Å². The van der Waals surface area contributed by atoms with Gasteiger partial charge >= 0.3 is 0 Å². The normalized spacial score (nSPS) is 11.3. The fraction of sp³-hybridized carbons (Fsp3) is 0.333. The van der Waals surface area contributed by atoms with Crippen LogP contribution in [0.4, 0.5) is 0 Å². The first-order valence-corrected chi connectivity index (χ1v) is 6.50. The molecule has 0 saturated heterocycles. The lowest BCUT2D eigenvalue weighted by Gasteiger charge is -2.21.